The zero-order chi connectivity index (χ0) is 23.8. The molecule has 0 radical (unpaired) electrons. The van der Waals surface area contributed by atoms with Crippen molar-refractivity contribution in [3.05, 3.63) is 53.9 Å². The first-order valence-electron chi connectivity index (χ1n) is 12.1. The molecule has 1 aliphatic heterocycles. The zero-order valence-corrected chi connectivity index (χ0v) is 20.1. The third kappa shape index (κ3) is 6.15. The van der Waals surface area contributed by atoms with Crippen LogP contribution in [0.5, 0.6) is 17.4 Å². The van der Waals surface area contributed by atoms with Crippen LogP contribution in [-0.2, 0) is 11.3 Å². The van der Waals surface area contributed by atoms with Gasteiger partial charge in [-0.1, -0.05) is 25.5 Å². The third-order valence-corrected chi connectivity index (χ3v) is 6.24. The van der Waals surface area contributed by atoms with Gasteiger partial charge in [-0.15, -0.1) is 0 Å². The Hall–Kier alpha value is -2.90. The number of aromatic nitrogens is 2. The van der Waals surface area contributed by atoms with Crippen molar-refractivity contribution in [2.45, 2.75) is 58.2 Å². The van der Waals surface area contributed by atoms with Gasteiger partial charge in [0.05, 0.1) is 30.0 Å². The minimum atomic E-state index is -0.708. The van der Waals surface area contributed by atoms with Crippen molar-refractivity contribution in [1.29, 1.82) is 0 Å². The van der Waals surface area contributed by atoms with E-state index in [0.717, 1.165) is 40.8 Å². The van der Waals surface area contributed by atoms with Gasteiger partial charge < -0.3 is 24.1 Å². The van der Waals surface area contributed by atoms with Gasteiger partial charge in [0.1, 0.15) is 18.1 Å². The lowest BCUT2D eigenvalue weighted by molar-refractivity contribution is -0.0729. The highest BCUT2D eigenvalue weighted by Gasteiger charge is 2.29. The van der Waals surface area contributed by atoms with Gasteiger partial charge in [0.25, 0.3) is 0 Å². The summed E-state index contributed by atoms with van der Waals surface area (Å²) in [7, 11) is 0. The Labute approximate surface area is 201 Å². The van der Waals surface area contributed by atoms with Gasteiger partial charge in [0, 0.05) is 42.8 Å². The second kappa shape index (κ2) is 11.5. The average molecular weight is 467 g/mol. The second-order valence-electron chi connectivity index (χ2n) is 8.79. The quantitative estimate of drug-likeness (QED) is 0.398. The van der Waals surface area contributed by atoms with Crippen LogP contribution >= 0.6 is 0 Å². The molecule has 0 bridgehead atoms. The lowest BCUT2D eigenvalue weighted by atomic mass is 9.91. The summed E-state index contributed by atoms with van der Waals surface area (Å²) in [5.74, 6) is 1.99. The van der Waals surface area contributed by atoms with E-state index >= 15 is 0 Å². The number of hydrogen-bond acceptors (Lipinski definition) is 7. The second-order valence-corrected chi connectivity index (χ2v) is 8.79. The van der Waals surface area contributed by atoms with Crippen LogP contribution in [0.15, 0.2) is 42.6 Å². The van der Waals surface area contributed by atoms with Crippen molar-refractivity contribution in [3.63, 3.8) is 0 Å². The van der Waals surface area contributed by atoms with Crippen molar-refractivity contribution >= 4 is 10.9 Å². The fraction of sp³-hybridized carbons (Fsp3) is 0.481. The van der Waals surface area contributed by atoms with Crippen molar-refractivity contribution in [2.24, 2.45) is 0 Å². The maximum atomic E-state index is 10.6. The Bertz CT molecular complexity index is 1080. The SMILES string of the molecule is CCCCOc1c(C)c(COc2cc(OCCC3(O)CCOCC3)ccn2)nc2ccccc12. The Kier molecular flexibility index (Phi) is 8.19. The number of benzene rings is 1. The van der Waals surface area contributed by atoms with E-state index in [1.165, 1.54) is 0 Å². The molecule has 1 aromatic carbocycles. The molecule has 0 spiro atoms. The van der Waals surface area contributed by atoms with Gasteiger partial charge in [-0.05, 0) is 44.4 Å². The molecular weight excluding hydrogens is 432 g/mol. The molecule has 0 atom stereocenters. The average Bonchev–Trinajstić information content (AvgIpc) is 2.85. The van der Waals surface area contributed by atoms with E-state index in [1.807, 2.05) is 31.2 Å². The van der Waals surface area contributed by atoms with E-state index in [1.54, 1.807) is 18.3 Å². The van der Waals surface area contributed by atoms with Crippen molar-refractivity contribution in [1.82, 2.24) is 9.97 Å². The van der Waals surface area contributed by atoms with Crippen LogP contribution in [0.3, 0.4) is 0 Å². The number of para-hydroxylation sites is 1. The molecule has 0 amide bonds. The molecule has 34 heavy (non-hydrogen) atoms. The number of ether oxygens (including phenoxy) is 4. The first-order chi connectivity index (χ1) is 16.6. The number of pyridine rings is 2. The van der Waals surface area contributed by atoms with Crippen LogP contribution in [0.2, 0.25) is 0 Å². The Balaban J connectivity index is 1.41. The highest BCUT2D eigenvalue weighted by Crippen LogP contribution is 2.31. The summed E-state index contributed by atoms with van der Waals surface area (Å²) in [6.45, 7) is 6.73. The molecule has 1 fully saturated rings. The highest BCUT2D eigenvalue weighted by molar-refractivity contribution is 5.86. The minimum Gasteiger partial charge on any atom is -0.493 e. The number of rotatable bonds is 11. The molecule has 0 aliphatic carbocycles. The summed E-state index contributed by atoms with van der Waals surface area (Å²) >= 11 is 0. The lowest BCUT2D eigenvalue weighted by Gasteiger charge is -2.31. The van der Waals surface area contributed by atoms with Gasteiger partial charge in [0.15, 0.2) is 0 Å². The van der Waals surface area contributed by atoms with Crippen molar-refractivity contribution in [3.8, 4) is 17.4 Å². The van der Waals surface area contributed by atoms with Crippen LogP contribution in [0.25, 0.3) is 10.9 Å². The minimum absolute atomic E-state index is 0.275. The van der Waals surface area contributed by atoms with Gasteiger partial charge in [-0.3, -0.25) is 0 Å². The molecule has 4 rings (SSSR count). The first-order valence-corrected chi connectivity index (χ1v) is 12.1. The van der Waals surface area contributed by atoms with Crippen LogP contribution in [-0.4, -0.2) is 47.1 Å². The van der Waals surface area contributed by atoms with Gasteiger partial charge in [0.2, 0.25) is 5.88 Å². The normalized spacial score (nSPS) is 15.3. The monoisotopic (exact) mass is 466 g/mol. The molecule has 7 heteroatoms. The standard InChI is InChI=1S/C27H34N2O5/c1-3-4-14-33-26-20(2)24(29-23-8-6-5-7-22(23)26)19-34-25-18-21(9-13-28-25)32-17-12-27(30)10-15-31-16-11-27/h5-9,13,18,30H,3-4,10-12,14-17,19H2,1-2H3. The number of nitrogens with zero attached hydrogens (tertiary/aromatic N) is 2. The van der Waals surface area contributed by atoms with Gasteiger partial charge in [-0.25, -0.2) is 9.97 Å². The van der Waals surface area contributed by atoms with Gasteiger partial charge >= 0.3 is 0 Å². The third-order valence-electron chi connectivity index (χ3n) is 6.24. The largest absolute Gasteiger partial charge is 0.493 e. The first kappa shape index (κ1) is 24.2. The molecule has 2 aromatic heterocycles. The Morgan fingerprint density at radius 3 is 2.71 bits per heavy atom. The molecule has 1 saturated heterocycles. The number of hydrogen-bond donors (Lipinski definition) is 1. The summed E-state index contributed by atoms with van der Waals surface area (Å²) in [5.41, 5.74) is 1.97. The van der Waals surface area contributed by atoms with E-state index < -0.39 is 5.60 Å². The van der Waals surface area contributed by atoms with E-state index in [9.17, 15) is 5.11 Å². The van der Waals surface area contributed by atoms with E-state index in [2.05, 4.69) is 11.9 Å². The molecule has 0 unspecified atom stereocenters. The maximum Gasteiger partial charge on any atom is 0.217 e. The van der Waals surface area contributed by atoms with Crippen molar-refractivity contribution < 1.29 is 24.1 Å². The van der Waals surface area contributed by atoms with Crippen molar-refractivity contribution in [2.75, 3.05) is 26.4 Å². The highest BCUT2D eigenvalue weighted by atomic mass is 16.5. The van der Waals surface area contributed by atoms with Crippen LogP contribution < -0.4 is 14.2 Å². The predicted molar refractivity (Wildman–Crippen MR) is 131 cm³/mol. The van der Waals surface area contributed by atoms with E-state index in [4.69, 9.17) is 23.9 Å². The molecule has 3 heterocycles. The van der Waals surface area contributed by atoms with Crippen LogP contribution in [0.4, 0.5) is 0 Å². The zero-order valence-electron chi connectivity index (χ0n) is 20.1. The van der Waals surface area contributed by atoms with Gasteiger partial charge in [-0.2, -0.15) is 0 Å². The van der Waals surface area contributed by atoms with Crippen LogP contribution in [0, 0.1) is 6.92 Å². The van der Waals surface area contributed by atoms with E-state index in [0.29, 0.717) is 57.3 Å². The predicted octanol–water partition coefficient (Wildman–Crippen LogP) is 5.01. The van der Waals surface area contributed by atoms with E-state index in [-0.39, 0.29) is 6.61 Å². The fourth-order valence-electron chi connectivity index (χ4n) is 4.03. The Morgan fingerprint density at radius 2 is 1.88 bits per heavy atom. The maximum absolute atomic E-state index is 10.6. The topological polar surface area (TPSA) is 82.9 Å². The molecule has 3 aromatic rings. The number of aliphatic hydroxyl groups is 1. The number of unbranched alkanes of at least 4 members (excludes halogenated alkanes) is 1. The molecule has 1 N–H and O–H groups in total. The summed E-state index contributed by atoms with van der Waals surface area (Å²) in [4.78, 5) is 9.12. The number of fused-ring (bicyclic) bond motifs is 1. The summed E-state index contributed by atoms with van der Waals surface area (Å²) < 4.78 is 23.3. The van der Waals surface area contributed by atoms with Crippen LogP contribution in [0.1, 0.15) is 50.3 Å². The molecular formula is C27H34N2O5. The molecule has 182 valence electrons. The molecule has 0 saturated carbocycles. The summed E-state index contributed by atoms with van der Waals surface area (Å²) in [5, 5.41) is 11.6. The summed E-state index contributed by atoms with van der Waals surface area (Å²) in [6, 6.07) is 11.6. The lowest BCUT2D eigenvalue weighted by Crippen LogP contribution is -2.37. The molecule has 7 nitrogen and oxygen atoms in total. The fourth-order valence-corrected chi connectivity index (χ4v) is 4.03. The summed E-state index contributed by atoms with van der Waals surface area (Å²) in [6.07, 6.45) is 5.59. The Morgan fingerprint density at radius 1 is 1.06 bits per heavy atom. The molecule has 1 aliphatic rings. The smallest absolute Gasteiger partial charge is 0.217 e.